The van der Waals surface area contributed by atoms with Crippen molar-refractivity contribution in [3.63, 3.8) is 0 Å². The number of sulfone groups is 1. The van der Waals surface area contributed by atoms with Gasteiger partial charge in [-0.1, -0.05) is 6.92 Å². The maximum atomic E-state index is 12.1. The molecule has 1 saturated heterocycles. The molecule has 2 atom stereocenters. The number of carbonyl (C=O) groups is 1. The number of hydrogen-bond donors (Lipinski definition) is 1. The molecule has 2 unspecified atom stereocenters. The molecule has 1 fully saturated rings. The summed E-state index contributed by atoms with van der Waals surface area (Å²) in [7, 11) is -1.48. The number of methoxy groups -OCH3 is 1. The van der Waals surface area contributed by atoms with E-state index in [4.69, 9.17) is 4.74 Å². The van der Waals surface area contributed by atoms with E-state index in [0.29, 0.717) is 19.5 Å². The molecular formula is C14H28N2O4S. The van der Waals surface area contributed by atoms with E-state index in [-0.39, 0.29) is 23.5 Å². The van der Waals surface area contributed by atoms with Crippen LogP contribution in [-0.4, -0.2) is 69.1 Å². The van der Waals surface area contributed by atoms with Crippen molar-refractivity contribution < 1.29 is 17.9 Å². The minimum absolute atomic E-state index is 0.119. The van der Waals surface area contributed by atoms with Gasteiger partial charge < -0.3 is 10.1 Å². The highest BCUT2D eigenvalue weighted by atomic mass is 32.2. The van der Waals surface area contributed by atoms with Gasteiger partial charge in [0.15, 0.2) is 9.84 Å². The number of nitrogens with zero attached hydrogens (tertiary/aromatic N) is 1. The first-order chi connectivity index (χ1) is 9.74. The van der Waals surface area contributed by atoms with Gasteiger partial charge in [-0.25, -0.2) is 8.42 Å². The van der Waals surface area contributed by atoms with Gasteiger partial charge in [-0.05, 0) is 33.2 Å². The molecule has 0 aliphatic carbocycles. The molecule has 124 valence electrons. The van der Waals surface area contributed by atoms with Crippen LogP contribution in [0.3, 0.4) is 0 Å². The summed E-state index contributed by atoms with van der Waals surface area (Å²) in [5, 5.41) is 3.26. The minimum atomic E-state index is -2.88. The second-order valence-corrected chi connectivity index (χ2v) is 8.30. The van der Waals surface area contributed by atoms with Crippen LogP contribution in [0, 0.1) is 0 Å². The molecule has 0 saturated carbocycles. The lowest BCUT2D eigenvalue weighted by Gasteiger charge is -2.37. The van der Waals surface area contributed by atoms with Crippen LogP contribution in [0.4, 0.5) is 0 Å². The summed E-state index contributed by atoms with van der Waals surface area (Å²) in [4.78, 5) is 14.2. The average Bonchev–Trinajstić information content (AvgIpc) is 2.43. The molecule has 1 rings (SSSR count). The molecule has 0 aromatic rings. The molecule has 0 amide bonds. The third-order valence-electron chi connectivity index (χ3n) is 4.11. The second-order valence-electron chi connectivity index (χ2n) is 5.99. The SMILES string of the molecule is CCCNC(C)(CC(C)N1CCS(=O)(=O)CC1)C(=O)OC. The normalized spacial score (nSPS) is 23.2. The molecular weight excluding hydrogens is 292 g/mol. The van der Waals surface area contributed by atoms with E-state index in [9.17, 15) is 13.2 Å². The van der Waals surface area contributed by atoms with E-state index in [2.05, 4.69) is 10.2 Å². The monoisotopic (exact) mass is 320 g/mol. The summed E-state index contributed by atoms with van der Waals surface area (Å²) in [6.45, 7) is 7.75. The van der Waals surface area contributed by atoms with Crippen LogP contribution in [0.2, 0.25) is 0 Å². The zero-order valence-electron chi connectivity index (χ0n) is 13.5. The fourth-order valence-electron chi connectivity index (χ4n) is 2.74. The number of carbonyl (C=O) groups excluding carboxylic acids is 1. The van der Waals surface area contributed by atoms with Crippen LogP contribution >= 0.6 is 0 Å². The Morgan fingerprint density at radius 3 is 2.43 bits per heavy atom. The number of rotatable bonds is 7. The fraction of sp³-hybridized carbons (Fsp3) is 0.929. The predicted octanol–water partition coefficient (Wildman–Crippen LogP) is 0.427. The van der Waals surface area contributed by atoms with E-state index in [0.717, 1.165) is 13.0 Å². The Morgan fingerprint density at radius 2 is 1.95 bits per heavy atom. The quantitative estimate of drug-likeness (QED) is 0.686. The summed E-state index contributed by atoms with van der Waals surface area (Å²) in [5.74, 6) is 0.135. The summed E-state index contributed by atoms with van der Waals surface area (Å²) in [5.41, 5.74) is -0.736. The van der Waals surface area contributed by atoms with Crippen molar-refractivity contribution in [1.82, 2.24) is 10.2 Å². The zero-order chi connectivity index (χ0) is 16.1. The highest BCUT2D eigenvalue weighted by molar-refractivity contribution is 7.91. The van der Waals surface area contributed by atoms with Gasteiger partial charge in [-0.2, -0.15) is 0 Å². The lowest BCUT2D eigenvalue weighted by Crippen LogP contribution is -2.55. The van der Waals surface area contributed by atoms with Gasteiger partial charge in [0, 0.05) is 19.1 Å². The molecule has 0 bridgehead atoms. The summed E-state index contributed by atoms with van der Waals surface area (Å²) in [6.07, 6.45) is 1.53. The van der Waals surface area contributed by atoms with E-state index in [1.54, 1.807) is 0 Å². The van der Waals surface area contributed by atoms with Crippen molar-refractivity contribution in [2.75, 3.05) is 38.2 Å². The summed E-state index contributed by atoms with van der Waals surface area (Å²) < 4.78 is 27.9. The Kier molecular flexibility index (Phi) is 6.62. The van der Waals surface area contributed by atoms with Gasteiger partial charge in [0.1, 0.15) is 5.54 Å². The molecule has 0 spiro atoms. The largest absolute Gasteiger partial charge is 0.468 e. The molecule has 1 N–H and O–H groups in total. The van der Waals surface area contributed by atoms with E-state index in [1.165, 1.54) is 7.11 Å². The van der Waals surface area contributed by atoms with Crippen molar-refractivity contribution in [3.8, 4) is 0 Å². The molecule has 1 heterocycles. The number of ether oxygens (including phenoxy) is 1. The van der Waals surface area contributed by atoms with Crippen LogP contribution in [0.25, 0.3) is 0 Å². The standard InChI is InChI=1S/C14H28N2O4S/c1-5-6-15-14(3,13(17)20-4)11-12(2)16-7-9-21(18,19)10-8-16/h12,15H,5-11H2,1-4H3. The Bertz CT molecular complexity index is 438. The van der Waals surface area contributed by atoms with Crippen LogP contribution in [0.5, 0.6) is 0 Å². The molecule has 1 aliphatic heterocycles. The molecule has 1 aliphatic rings. The maximum absolute atomic E-state index is 12.1. The van der Waals surface area contributed by atoms with E-state index in [1.807, 2.05) is 20.8 Å². The Labute approximate surface area is 128 Å². The lowest BCUT2D eigenvalue weighted by atomic mass is 9.92. The maximum Gasteiger partial charge on any atom is 0.325 e. The molecule has 7 heteroatoms. The summed E-state index contributed by atoms with van der Waals surface area (Å²) >= 11 is 0. The number of nitrogens with one attached hydrogen (secondary N) is 1. The smallest absolute Gasteiger partial charge is 0.325 e. The molecule has 21 heavy (non-hydrogen) atoms. The Morgan fingerprint density at radius 1 is 1.38 bits per heavy atom. The van der Waals surface area contributed by atoms with Gasteiger partial charge in [0.25, 0.3) is 0 Å². The van der Waals surface area contributed by atoms with Crippen molar-refractivity contribution in [3.05, 3.63) is 0 Å². The van der Waals surface area contributed by atoms with Gasteiger partial charge in [0.2, 0.25) is 0 Å². The van der Waals surface area contributed by atoms with Gasteiger partial charge in [-0.3, -0.25) is 9.69 Å². The van der Waals surface area contributed by atoms with Crippen LogP contribution in [0.1, 0.15) is 33.6 Å². The number of hydrogen-bond acceptors (Lipinski definition) is 6. The Hall–Kier alpha value is -0.660. The first-order valence-electron chi connectivity index (χ1n) is 7.52. The Balaban J connectivity index is 2.68. The van der Waals surface area contributed by atoms with Crippen molar-refractivity contribution in [2.45, 2.75) is 45.2 Å². The first kappa shape index (κ1) is 18.4. The van der Waals surface area contributed by atoms with E-state index >= 15 is 0 Å². The van der Waals surface area contributed by atoms with Crippen LogP contribution in [0.15, 0.2) is 0 Å². The third-order valence-corrected chi connectivity index (χ3v) is 5.72. The van der Waals surface area contributed by atoms with Crippen molar-refractivity contribution in [2.24, 2.45) is 0 Å². The van der Waals surface area contributed by atoms with Crippen molar-refractivity contribution in [1.29, 1.82) is 0 Å². The highest BCUT2D eigenvalue weighted by Crippen LogP contribution is 2.20. The lowest BCUT2D eigenvalue weighted by molar-refractivity contribution is -0.148. The van der Waals surface area contributed by atoms with Crippen LogP contribution < -0.4 is 5.32 Å². The molecule has 0 radical (unpaired) electrons. The summed E-state index contributed by atoms with van der Waals surface area (Å²) in [6, 6.07) is 0.119. The highest BCUT2D eigenvalue weighted by Gasteiger charge is 2.37. The second kappa shape index (κ2) is 7.56. The minimum Gasteiger partial charge on any atom is -0.468 e. The fourth-order valence-corrected chi connectivity index (χ4v) is 3.97. The zero-order valence-corrected chi connectivity index (χ0v) is 14.3. The molecule has 6 nitrogen and oxygen atoms in total. The van der Waals surface area contributed by atoms with Crippen LogP contribution in [-0.2, 0) is 19.4 Å². The van der Waals surface area contributed by atoms with Crippen molar-refractivity contribution >= 4 is 15.8 Å². The van der Waals surface area contributed by atoms with Gasteiger partial charge >= 0.3 is 5.97 Å². The topological polar surface area (TPSA) is 75.7 Å². The third kappa shape index (κ3) is 5.23. The van der Waals surface area contributed by atoms with Gasteiger partial charge in [0.05, 0.1) is 18.6 Å². The first-order valence-corrected chi connectivity index (χ1v) is 9.34. The molecule has 0 aromatic carbocycles. The predicted molar refractivity (Wildman–Crippen MR) is 83.0 cm³/mol. The van der Waals surface area contributed by atoms with Gasteiger partial charge in [-0.15, -0.1) is 0 Å². The molecule has 0 aromatic heterocycles. The average molecular weight is 320 g/mol. The number of esters is 1. The van der Waals surface area contributed by atoms with E-state index < -0.39 is 15.4 Å².